The molecule has 98 valence electrons. The molecule has 1 heteroatoms. The fourth-order valence-electron chi connectivity index (χ4n) is 3.21. The summed E-state index contributed by atoms with van der Waals surface area (Å²) in [7, 11) is 0. The first-order valence-electron chi connectivity index (χ1n) is 7.13. The zero-order chi connectivity index (χ0) is 13.2. The van der Waals surface area contributed by atoms with Crippen LogP contribution in [-0.4, -0.2) is 0 Å². The lowest BCUT2D eigenvalue weighted by molar-refractivity contribution is 0.376. The lowest BCUT2D eigenvalue weighted by atomic mass is 9.77. The van der Waals surface area contributed by atoms with Crippen LogP contribution in [0.4, 0.5) is 0 Å². The average molecular weight is 251 g/mol. The molecule has 0 amide bonds. The van der Waals surface area contributed by atoms with Crippen LogP contribution >= 0.6 is 0 Å². The maximum atomic E-state index is 6.49. The normalized spacial score (nSPS) is 22.0. The molecule has 1 nitrogen and oxygen atoms in total. The van der Waals surface area contributed by atoms with Gasteiger partial charge in [0.15, 0.2) is 0 Å². The highest BCUT2D eigenvalue weighted by molar-refractivity contribution is 5.34. The van der Waals surface area contributed by atoms with Gasteiger partial charge in [-0.15, -0.1) is 0 Å². The third kappa shape index (κ3) is 2.43. The van der Waals surface area contributed by atoms with Gasteiger partial charge in [0.1, 0.15) is 0 Å². The Morgan fingerprint density at radius 3 is 2.63 bits per heavy atom. The predicted octanol–water partition coefficient (Wildman–Crippen LogP) is 3.80. The van der Waals surface area contributed by atoms with E-state index in [9.17, 15) is 0 Å². The predicted molar refractivity (Wildman–Crippen MR) is 80.1 cm³/mol. The molecule has 1 aliphatic rings. The Labute approximate surface area is 115 Å². The van der Waals surface area contributed by atoms with Crippen molar-refractivity contribution >= 4 is 0 Å². The van der Waals surface area contributed by atoms with Crippen LogP contribution in [-0.2, 0) is 12.8 Å². The quantitative estimate of drug-likeness (QED) is 0.863. The van der Waals surface area contributed by atoms with E-state index in [0.717, 1.165) is 6.42 Å². The highest BCUT2D eigenvalue weighted by atomic mass is 14.7. The summed E-state index contributed by atoms with van der Waals surface area (Å²) in [4.78, 5) is 0. The molecule has 0 fully saturated rings. The molecule has 2 aromatic carbocycles. The number of hydrogen-bond acceptors (Lipinski definition) is 1. The van der Waals surface area contributed by atoms with Crippen molar-refractivity contribution in [3.8, 4) is 0 Å². The molecule has 0 bridgehead atoms. The van der Waals surface area contributed by atoms with E-state index in [0.29, 0.717) is 5.92 Å². The minimum absolute atomic E-state index is 0.185. The molecule has 19 heavy (non-hydrogen) atoms. The summed E-state index contributed by atoms with van der Waals surface area (Å²) < 4.78 is 0. The lowest BCUT2D eigenvalue weighted by Gasteiger charge is -2.31. The molecular formula is C18H21N. The Morgan fingerprint density at radius 1 is 1.05 bits per heavy atom. The average Bonchev–Trinajstić information content (AvgIpc) is 2.44. The summed E-state index contributed by atoms with van der Waals surface area (Å²) in [6.07, 6.45) is 3.47. The van der Waals surface area contributed by atoms with Gasteiger partial charge < -0.3 is 5.73 Å². The number of fused-ring (bicyclic) bond motifs is 1. The summed E-state index contributed by atoms with van der Waals surface area (Å²) in [5, 5.41) is 0. The maximum absolute atomic E-state index is 6.49. The zero-order valence-corrected chi connectivity index (χ0v) is 11.5. The molecule has 2 atom stereocenters. The molecule has 0 heterocycles. The van der Waals surface area contributed by atoms with Gasteiger partial charge in [0, 0.05) is 6.04 Å². The summed E-state index contributed by atoms with van der Waals surface area (Å²) in [5.41, 5.74) is 12.1. The Balaban J connectivity index is 1.83. The smallest absolute Gasteiger partial charge is 0.0329 e. The third-order valence-corrected chi connectivity index (χ3v) is 4.45. The van der Waals surface area contributed by atoms with E-state index in [1.807, 2.05) is 0 Å². The van der Waals surface area contributed by atoms with Crippen molar-refractivity contribution in [3.63, 3.8) is 0 Å². The maximum Gasteiger partial charge on any atom is 0.0329 e. The second-order valence-electron chi connectivity index (χ2n) is 5.65. The first-order chi connectivity index (χ1) is 9.25. The summed E-state index contributed by atoms with van der Waals surface area (Å²) in [6.45, 7) is 2.19. The van der Waals surface area contributed by atoms with E-state index in [-0.39, 0.29) is 6.04 Å². The van der Waals surface area contributed by atoms with E-state index < -0.39 is 0 Å². The van der Waals surface area contributed by atoms with E-state index in [2.05, 4.69) is 55.5 Å². The Hall–Kier alpha value is -1.60. The highest BCUT2D eigenvalue weighted by Gasteiger charge is 2.26. The summed E-state index contributed by atoms with van der Waals surface area (Å²) in [6, 6.07) is 17.5. The summed E-state index contributed by atoms with van der Waals surface area (Å²) in [5.74, 6) is 0.566. The standard InChI is InChI=1S/C18H21N/c1-13-6-2-3-8-15(13)12-16-11-10-14-7-4-5-9-17(14)18(16)19/h2-9,16,18H,10-12,19H2,1H3. The number of nitrogens with two attached hydrogens (primary N) is 1. The molecule has 0 aromatic heterocycles. The largest absolute Gasteiger partial charge is 0.324 e. The van der Waals surface area contributed by atoms with Crippen LogP contribution in [0.15, 0.2) is 48.5 Å². The number of rotatable bonds is 2. The molecule has 2 unspecified atom stereocenters. The first-order valence-corrected chi connectivity index (χ1v) is 7.13. The molecule has 0 aliphatic heterocycles. The molecule has 0 spiro atoms. The van der Waals surface area contributed by atoms with Crippen LogP contribution in [0.5, 0.6) is 0 Å². The van der Waals surface area contributed by atoms with E-state index >= 15 is 0 Å². The van der Waals surface area contributed by atoms with Gasteiger partial charge in [0.05, 0.1) is 0 Å². The van der Waals surface area contributed by atoms with Crippen LogP contribution in [0.1, 0.15) is 34.7 Å². The fourth-order valence-corrected chi connectivity index (χ4v) is 3.21. The van der Waals surface area contributed by atoms with Crippen LogP contribution in [0.25, 0.3) is 0 Å². The molecule has 1 aliphatic carbocycles. The monoisotopic (exact) mass is 251 g/mol. The van der Waals surface area contributed by atoms with Gasteiger partial charge in [-0.1, -0.05) is 48.5 Å². The van der Waals surface area contributed by atoms with Gasteiger partial charge in [0.2, 0.25) is 0 Å². The number of hydrogen-bond donors (Lipinski definition) is 1. The minimum atomic E-state index is 0.185. The van der Waals surface area contributed by atoms with Gasteiger partial charge in [0.25, 0.3) is 0 Å². The van der Waals surface area contributed by atoms with Crippen molar-refractivity contribution in [3.05, 3.63) is 70.8 Å². The van der Waals surface area contributed by atoms with Gasteiger partial charge in [-0.3, -0.25) is 0 Å². The lowest BCUT2D eigenvalue weighted by Crippen LogP contribution is -2.28. The van der Waals surface area contributed by atoms with Crippen LogP contribution < -0.4 is 5.73 Å². The molecule has 3 rings (SSSR count). The highest BCUT2D eigenvalue weighted by Crippen LogP contribution is 2.34. The Kier molecular flexibility index (Phi) is 3.39. The van der Waals surface area contributed by atoms with Crippen molar-refractivity contribution < 1.29 is 0 Å². The van der Waals surface area contributed by atoms with Crippen molar-refractivity contribution in [2.24, 2.45) is 11.7 Å². The Bertz CT molecular complexity index is 573. The topological polar surface area (TPSA) is 26.0 Å². The van der Waals surface area contributed by atoms with Crippen LogP contribution in [0, 0.1) is 12.8 Å². The van der Waals surface area contributed by atoms with Gasteiger partial charge in [-0.2, -0.15) is 0 Å². The fraction of sp³-hybridized carbons (Fsp3) is 0.333. The van der Waals surface area contributed by atoms with Crippen molar-refractivity contribution in [1.29, 1.82) is 0 Å². The summed E-state index contributed by atoms with van der Waals surface area (Å²) >= 11 is 0. The van der Waals surface area contributed by atoms with Crippen molar-refractivity contribution in [2.75, 3.05) is 0 Å². The second-order valence-corrected chi connectivity index (χ2v) is 5.65. The van der Waals surface area contributed by atoms with Crippen LogP contribution in [0.3, 0.4) is 0 Å². The zero-order valence-electron chi connectivity index (χ0n) is 11.5. The molecule has 2 aromatic rings. The van der Waals surface area contributed by atoms with E-state index in [1.165, 1.54) is 35.1 Å². The van der Waals surface area contributed by atoms with Gasteiger partial charge >= 0.3 is 0 Å². The van der Waals surface area contributed by atoms with Gasteiger partial charge in [-0.05, 0) is 54.4 Å². The number of benzene rings is 2. The van der Waals surface area contributed by atoms with Crippen molar-refractivity contribution in [2.45, 2.75) is 32.2 Å². The number of aryl methyl sites for hydroxylation is 2. The van der Waals surface area contributed by atoms with E-state index in [1.54, 1.807) is 0 Å². The first kappa shape index (κ1) is 12.4. The van der Waals surface area contributed by atoms with E-state index in [4.69, 9.17) is 5.73 Å². The molecule has 0 saturated carbocycles. The molecule has 0 radical (unpaired) electrons. The second kappa shape index (κ2) is 5.18. The molecular weight excluding hydrogens is 230 g/mol. The van der Waals surface area contributed by atoms with Gasteiger partial charge in [-0.25, -0.2) is 0 Å². The molecule has 2 N–H and O–H groups in total. The van der Waals surface area contributed by atoms with Crippen LogP contribution in [0.2, 0.25) is 0 Å². The third-order valence-electron chi connectivity index (χ3n) is 4.45. The molecule has 0 saturated heterocycles. The SMILES string of the molecule is Cc1ccccc1CC1CCc2ccccc2C1N. The van der Waals surface area contributed by atoms with Crippen molar-refractivity contribution in [1.82, 2.24) is 0 Å². The minimum Gasteiger partial charge on any atom is -0.324 e. The Morgan fingerprint density at radius 2 is 1.79 bits per heavy atom.